The molecule has 2 N–H and O–H groups in total. The lowest BCUT2D eigenvalue weighted by Crippen LogP contribution is -2.16. The summed E-state index contributed by atoms with van der Waals surface area (Å²) >= 11 is 0. The lowest BCUT2D eigenvalue weighted by Gasteiger charge is -2.19. The molecule has 0 radical (unpaired) electrons. The summed E-state index contributed by atoms with van der Waals surface area (Å²) in [7, 11) is 0. The molecule has 0 bridgehead atoms. The van der Waals surface area contributed by atoms with Crippen molar-refractivity contribution >= 4 is 11.7 Å². The second-order valence-corrected chi connectivity index (χ2v) is 6.22. The maximum absolute atomic E-state index is 11.4. The number of nitrogens with zero attached hydrogens (tertiary/aromatic N) is 3. The summed E-state index contributed by atoms with van der Waals surface area (Å²) in [6.07, 6.45) is 0. The third kappa shape index (κ3) is 3.78. The molecule has 0 saturated heterocycles. The van der Waals surface area contributed by atoms with Crippen molar-refractivity contribution in [2.24, 2.45) is 5.10 Å². The monoisotopic (exact) mass is 299 g/mol. The first-order valence-electron chi connectivity index (χ1n) is 7.12. The normalized spacial score (nSPS) is 12.3. The molecule has 0 aliphatic rings. The minimum absolute atomic E-state index is 0.124. The van der Waals surface area contributed by atoms with Gasteiger partial charge in [0.05, 0.1) is 5.71 Å². The summed E-state index contributed by atoms with van der Waals surface area (Å²) in [6.45, 7) is 10.0. The molecule has 1 aromatic heterocycles. The van der Waals surface area contributed by atoms with Gasteiger partial charge in [0.15, 0.2) is 0 Å². The minimum atomic E-state index is -0.278. The Morgan fingerprint density at radius 3 is 2.36 bits per heavy atom. The SMILES string of the molecule is C/C(=N\Nc1nnc(C)c(=O)[nH]1)c1ccc(C(C)(C)C)cc1. The Morgan fingerprint density at radius 1 is 1.18 bits per heavy atom. The van der Waals surface area contributed by atoms with Crippen LogP contribution in [-0.2, 0) is 5.41 Å². The standard InChI is InChI=1S/C16H21N5O/c1-10(12-6-8-13(9-7-12)16(3,4)5)18-20-15-17-14(22)11(2)19-21-15/h6-9H,1-5H3,(H2,17,20,21,22)/b18-10+. The fraction of sp³-hybridized carbons (Fsp3) is 0.375. The molecule has 6 heteroatoms. The van der Waals surface area contributed by atoms with Gasteiger partial charge < -0.3 is 0 Å². The molecule has 0 aliphatic carbocycles. The number of hydrazone groups is 1. The Balaban J connectivity index is 2.15. The van der Waals surface area contributed by atoms with E-state index < -0.39 is 0 Å². The fourth-order valence-corrected chi connectivity index (χ4v) is 1.86. The van der Waals surface area contributed by atoms with Gasteiger partial charge in [0.2, 0.25) is 5.95 Å². The fourth-order valence-electron chi connectivity index (χ4n) is 1.86. The van der Waals surface area contributed by atoms with Crippen LogP contribution in [0.15, 0.2) is 34.2 Å². The average Bonchev–Trinajstić information content (AvgIpc) is 2.47. The Kier molecular flexibility index (Phi) is 4.40. The number of nitrogens with one attached hydrogen (secondary N) is 2. The largest absolute Gasteiger partial charge is 0.288 e. The van der Waals surface area contributed by atoms with E-state index in [1.165, 1.54) is 5.56 Å². The molecule has 2 aromatic rings. The van der Waals surface area contributed by atoms with Crippen LogP contribution in [0, 0.1) is 6.92 Å². The highest BCUT2D eigenvalue weighted by atomic mass is 16.1. The Hall–Kier alpha value is -2.50. The van der Waals surface area contributed by atoms with E-state index in [4.69, 9.17) is 0 Å². The molecular weight excluding hydrogens is 278 g/mol. The lowest BCUT2D eigenvalue weighted by molar-refractivity contribution is 0.590. The predicted molar refractivity (Wildman–Crippen MR) is 88.4 cm³/mol. The molecule has 6 nitrogen and oxygen atoms in total. The average molecular weight is 299 g/mol. The molecule has 2 rings (SSSR count). The Labute approximate surface area is 129 Å². The first kappa shape index (κ1) is 15.9. The van der Waals surface area contributed by atoms with Crippen LogP contribution >= 0.6 is 0 Å². The maximum atomic E-state index is 11.4. The van der Waals surface area contributed by atoms with Crippen LogP contribution in [0.4, 0.5) is 5.95 Å². The van der Waals surface area contributed by atoms with E-state index in [2.05, 4.69) is 58.6 Å². The van der Waals surface area contributed by atoms with Crippen molar-refractivity contribution in [3.05, 3.63) is 51.4 Å². The van der Waals surface area contributed by atoms with Gasteiger partial charge in [-0.1, -0.05) is 45.0 Å². The number of benzene rings is 1. The quantitative estimate of drug-likeness (QED) is 0.674. The van der Waals surface area contributed by atoms with Crippen molar-refractivity contribution < 1.29 is 0 Å². The number of rotatable bonds is 3. The molecule has 0 saturated carbocycles. The zero-order valence-electron chi connectivity index (χ0n) is 13.6. The number of anilines is 1. The first-order valence-corrected chi connectivity index (χ1v) is 7.12. The minimum Gasteiger partial charge on any atom is -0.288 e. The van der Waals surface area contributed by atoms with Crippen molar-refractivity contribution in [2.45, 2.75) is 40.0 Å². The van der Waals surface area contributed by atoms with E-state index in [0.29, 0.717) is 5.69 Å². The second kappa shape index (κ2) is 6.09. The Bertz CT molecular complexity index is 738. The summed E-state index contributed by atoms with van der Waals surface area (Å²) < 4.78 is 0. The molecule has 0 unspecified atom stereocenters. The van der Waals surface area contributed by atoms with Crippen LogP contribution in [0.5, 0.6) is 0 Å². The summed E-state index contributed by atoms with van der Waals surface area (Å²) in [5, 5.41) is 11.8. The van der Waals surface area contributed by atoms with Gasteiger partial charge in [0.25, 0.3) is 5.56 Å². The number of aromatic nitrogens is 3. The summed E-state index contributed by atoms with van der Waals surface area (Å²) in [5.74, 6) is 0.223. The topological polar surface area (TPSA) is 83.0 Å². The third-order valence-electron chi connectivity index (χ3n) is 3.36. The summed E-state index contributed by atoms with van der Waals surface area (Å²) in [5.41, 5.74) is 5.95. The van der Waals surface area contributed by atoms with E-state index in [-0.39, 0.29) is 16.9 Å². The van der Waals surface area contributed by atoms with Crippen molar-refractivity contribution in [3.8, 4) is 0 Å². The molecule has 0 fully saturated rings. The smallest absolute Gasteiger partial charge is 0.274 e. The van der Waals surface area contributed by atoms with Gasteiger partial charge in [-0.2, -0.15) is 5.10 Å². The highest BCUT2D eigenvalue weighted by Crippen LogP contribution is 2.22. The van der Waals surface area contributed by atoms with E-state index >= 15 is 0 Å². The number of hydrogen-bond donors (Lipinski definition) is 2. The first-order chi connectivity index (χ1) is 10.3. The second-order valence-electron chi connectivity index (χ2n) is 6.22. The van der Waals surface area contributed by atoms with Crippen molar-refractivity contribution in [1.29, 1.82) is 0 Å². The highest BCUT2D eigenvalue weighted by Gasteiger charge is 2.13. The molecule has 1 heterocycles. The highest BCUT2D eigenvalue weighted by molar-refractivity contribution is 5.99. The van der Waals surface area contributed by atoms with E-state index in [0.717, 1.165) is 11.3 Å². The van der Waals surface area contributed by atoms with Crippen LogP contribution in [-0.4, -0.2) is 20.9 Å². The van der Waals surface area contributed by atoms with Crippen molar-refractivity contribution in [1.82, 2.24) is 15.2 Å². The Morgan fingerprint density at radius 2 is 1.82 bits per heavy atom. The van der Waals surface area contributed by atoms with Crippen molar-refractivity contribution in [2.75, 3.05) is 5.43 Å². The van der Waals surface area contributed by atoms with Gasteiger partial charge in [-0.3, -0.25) is 9.78 Å². The van der Waals surface area contributed by atoms with Crippen LogP contribution in [0.25, 0.3) is 0 Å². The van der Waals surface area contributed by atoms with E-state index in [1.54, 1.807) is 6.92 Å². The zero-order valence-corrected chi connectivity index (χ0v) is 13.6. The van der Waals surface area contributed by atoms with E-state index in [1.807, 2.05) is 19.1 Å². The van der Waals surface area contributed by atoms with Gasteiger partial charge in [0.1, 0.15) is 5.69 Å². The number of aryl methyl sites for hydroxylation is 1. The summed E-state index contributed by atoms with van der Waals surface area (Å²) in [6, 6.07) is 8.26. The van der Waals surface area contributed by atoms with E-state index in [9.17, 15) is 4.79 Å². The lowest BCUT2D eigenvalue weighted by atomic mass is 9.86. The summed E-state index contributed by atoms with van der Waals surface area (Å²) in [4.78, 5) is 14.0. The van der Waals surface area contributed by atoms with Crippen LogP contribution < -0.4 is 11.0 Å². The number of aromatic amines is 1. The van der Waals surface area contributed by atoms with Gasteiger partial charge in [-0.15, -0.1) is 10.2 Å². The maximum Gasteiger partial charge on any atom is 0.274 e. The zero-order chi connectivity index (χ0) is 16.3. The van der Waals surface area contributed by atoms with Crippen LogP contribution in [0.2, 0.25) is 0 Å². The van der Waals surface area contributed by atoms with Gasteiger partial charge in [-0.25, -0.2) is 5.43 Å². The molecule has 0 spiro atoms. The molecule has 0 aliphatic heterocycles. The van der Waals surface area contributed by atoms with Crippen molar-refractivity contribution in [3.63, 3.8) is 0 Å². The van der Waals surface area contributed by atoms with Crippen LogP contribution in [0.3, 0.4) is 0 Å². The van der Waals surface area contributed by atoms with Crippen LogP contribution in [0.1, 0.15) is 44.5 Å². The van der Waals surface area contributed by atoms with Gasteiger partial charge in [-0.05, 0) is 30.4 Å². The number of hydrogen-bond acceptors (Lipinski definition) is 5. The van der Waals surface area contributed by atoms with Gasteiger partial charge >= 0.3 is 0 Å². The molecule has 1 aromatic carbocycles. The van der Waals surface area contributed by atoms with Gasteiger partial charge in [0, 0.05) is 0 Å². The molecule has 116 valence electrons. The molecule has 22 heavy (non-hydrogen) atoms. The molecule has 0 amide bonds. The molecular formula is C16H21N5O. The number of H-pyrrole nitrogens is 1. The third-order valence-corrected chi connectivity index (χ3v) is 3.36. The predicted octanol–water partition coefficient (Wildman–Crippen LogP) is 2.61. The molecule has 0 atom stereocenters.